The third kappa shape index (κ3) is 4.88. The van der Waals surface area contributed by atoms with Gasteiger partial charge in [-0.3, -0.25) is 9.36 Å². The van der Waals surface area contributed by atoms with Crippen molar-refractivity contribution in [2.24, 2.45) is 11.5 Å². The summed E-state index contributed by atoms with van der Waals surface area (Å²) in [5.74, 6) is -0.687. The van der Waals surface area contributed by atoms with Crippen molar-refractivity contribution >= 4 is 13.5 Å². The molecule has 6 N–H and O–H groups in total. The first-order chi connectivity index (χ1) is 5.02. The second-order valence-electron chi connectivity index (χ2n) is 1.64. The van der Waals surface area contributed by atoms with Crippen LogP contribution in [-0.2, 0) is 14.0 Å². The Kier molecular flexibility index (Phi) is 4.24. The number of carbonyl (C=O) groups is 1. The van der Waals surface area contributed by atoms with E-state index in [-0.39, 0.29) is 6.54 Å². The fraction of sp³-hybridized carbons (Fsp3) is 0.667. The maximum atomic E-state index is 10.6. The minimum atomic E-state index is -3.85. The zero-order valence-electron chi connectivity index (χ0n) is 5.69. The van der Waals surface area contributed by atoms with E-state index in [0.717, 1.165) is 0 Å². The summed E-state index contributed by atoms with van der Waals surface area (Å²) in [6.07, 6.45) is -0.558. The Hall–Kier alpha value is -0.460. The molecule has 0 aliphatic carbocycles. The zero-order valence-corrected chi connectivity index (χ0v) is 6.58. The fourth-order valence-electron chi connectivity index (χ4n) is 0.201. The number of carbonyl (C=O) groups excluding carboxylic acids is 1. The molecule has 0 rings (SSSR count). The molecule has 0 saturated carbocycles. The minimum Gasteiger partial charge on any atom is -0.322 e. The van der Waals surface area contributed by atoms with Crippen LogP contribution < -0.4 is 16.9 Å². The molecule has 0 bridgehead atoms. The normalized spacial score (nSPS) is 15.5. The lowest BCUT2D eigenvalue weighted by Crippen LogP contribution is -2.30. The second kappa shape index (κ2) is 4.42. The van der Waals surface area contributed by atoms with Gasteiger partial charge in [-0.1, -0.05) is 0 Å². The summed E-state index contributed by atoms with van der Waals surface area (Å²) < 4.78 is 14.6. The van der Waals surface area contributed by atoms with Crippen LogP contribution in [0.3, 0.4) is 0 Å². The van der Waals surface area contributed by atoms with Gasteiger partial charge in [0.2, 0.25) is 0 Å². The Labute approximate surface area is 63.2 Å². The maximum Gasteiger partial charge on any atom is 0.362 e. The highest BCUT2D eigenvalue weighted by atomic mass is 31.2. The molecule has 0 aromatic heterocycles. The van der Waals surface area contributed by atoms with Crippen LogP contribution in [0.25, 0.3) is 0 Å². The van der Waals surface area contributed by atoms with Crippen LogP contribution >= 0.6 is 7.60 Å². The number of amides is 1. The van der Waals surface area contributed by atoms with E-state index in [9.17, 15) is 9.36 Å². The van der Waals surface area contributed by atoms with Gasteiger partial charge in [-0.2, -0.15) is 4.62 Å². The fourth-order valence-corrected chi connectivity index (χ4v) is 0.520. The molecule has 0 aliphatic rings. The van der Waals surface area contributed by atoms with Crippen molar-refractivity contribution in [3.05, 3.63) is 0 Å². The monoisotopic (exact) mass is 183 g/mol. The van der Waals surface area contributed by atoms with Crippen molar-refractivity contribution in [3.63, 3.8) is 0 Å². The number of nitrogens with one attached hydrogen (secondary N) is 1. The van der Waals surface area contributed by atoms with Crippen LogP contribution in [0.15, 0.2) is 0 Å². The van der Waals surface area contributed by atoms with Gasteiger partial charge in [-0.15, -0.1) is 0 Å². The predicted octanol–water partition coefficient (Wildman–Crippen LogP) is -1.91. The van der Waals surface area contributed by atoms with E-state index in [1.165, 1.54) is 0 Å². The molecule has 1 unspecified atom stereocenters. The first-order valence-electron chi connectivity index (χ1n) is 2.71. The molecule has 66 valence electrons. The summed E-state index contributed by atoms with van der Waals surface area (Å²) in [6.45, 7) is -0.315. The molecule has 0 aliphatic heterocycles. The molecule has 0 radical (unpaired) electrons. The topological polar surface area (TPSA) is 128 Å². The van der Waals surface area contributed by atoms with Gasteiger partial charge in [-0.05, 0) is 0 Å². The molecule has 0 fully saturated rings. The molecule has 8 heteroatoms. The molecule has 1 amide bonds. The van der Waals surface area contributed by atoms with Gasteiger partial charge in [0.25, 0.3) is 5.91 Å². The van der Waals surface area contributed by atoms with E-state index in [4.69, 9.17) is 16.4 Å². The highest BCUT2D eigenvalue weighted by Gasteiger charge is 2.17. The van der Waals surface area contributed by atoms with Crippen molar-refractivity contribution in [1.82, 2.24) is 5.48 Å². The number of hydroxylamine groups is 1. The van der Waals surface area contributed by atoms with Crippen molar-refractivity contribution in [2.45, 2.75) is 0 Å². The molecule has 1 atom stereocenters. The Balaban J connectivity index is 3.70. The van der Waals surface area contributed by atoms with Crippen LogP contribution in [0.5, 0.6) is 0 Å². The maximum absolute atomic E-state index is 10.6. The highest BCUT2D eigenvalue weighted by molar-refractivity contribution is 7.52. The van der Waals surface area contributed by atoms with E-state index >= 15 is 0 Å². The lowest BCUT2D eigenvalue weighted by Gasteiger charge is -2.08. The average molecular weight is 183 g/mol. The SMILES string of the molecule is NCC(=O)NOP(=O)(O)CN. The highest BCUT2D eigenvalue weighted by Crippen LogP contribution is 2.37. The van der Waals surface area contributed by atoms with E-state index in [2.05, 4.69) is 4.62 Å². The van der Waals surface area contributed by atoms with Gasteiger partial charge in [0.1, 0.15) is 0 Å². The van der Waals surface area contributed by atoms with E-state index in [1.54, 1.807) is 5.48 Å². The number of nitrogens with two attached hydrogens (primary N) is 2. The molecular formula is C3H10N3O4P. The first kappa shape index (κ1) is 10.5. The smallest absolute Gasteiger partial charge is 0.322 e. The van der Waals surface area contributed by atoms with Crippen LogP contribution in [0.4, 0.5) is 0 Å². The van der Waals surface area contributed by atoms with Crippen LogP contribution in [0.2, 0.25) is 0 Å². The minimum absolute atomic E-state index is 0.315. The van der Waals surface area contributed by atoms with E-state index < -0.39 is 19.8 Å². The molecule has 0 aromatic rings. The second-order valence-corrected chi connectivity index (χ2v) is 3.46. The molecule has 11 heavy (non-hydrogen) atoms. The molecule has 0 spiro atoms. The lowest BCUT2D eigenvalue weighted by molar-refractivity contribution is -0.126. The van der Waals surface area contributed by atoms with E-state index in [0.29, 0.717) is 0 Å². The van der Waals surface area contributed by atoms with Crippen molar-refractivity contribution in [2.75, 3.05) is 12.8 Å². The standard InChI is InChI=1S/C3H10N3O4P/c4-1-3(7)6-10-11(8,9)2-5/h1-2,4-5H2,(H,6,7)(H,8,9). The average Bonchev–Trinajstić information content (AvgIpc) is 2.00. The van der Waals surface area contributed by atoms with Crippen LogP contribution in [-0.4, -0.2) is 23.6 Å². The predicted molar refractivity (Wildman–Crippen MR) is 37.2 cm³/mol. The Morgan fingerprint density at radius 3 is 2.55 bits per heavy atom. The molecule has 7 nitrogen and oxygen atoms in total. The Bertz CT molecular complexity index is 183. The molecule has 0 saturated heterocycles. The van der Waals surface area contributed by atoms with Gasteiger partial charge in [0.05, 0.1) is 12.8 Å². The number of hydrogen-bond acceptors (Lipinski definition) is 5. The van der Waals surface area contributed by atoms with Crippen molar-refractivity contribution in [3.8, 4) is 0 Å². The summed E-state index contributed by atoms with van der Waals surface area (Å²) >= 11 is 0. The summed E-state index contributed by atoms with van der Waals surface area (Å²) in [4.78, 5) is 19.0. The first-order valence-corrected chi connectivity index (χ1v) is 4.47. The number of rotatable bonds is 4. The quantitative estimate of drug-likeness (QED) is 0.297. The van der Waals surface area contributed by atoms with Gasteiger partial charge < -0.3 is 16.4 Å². The largest absolute Gasteiger partial charge is 0.362 e. The zero-order chi connectivity index (χ0) is 8.91. The molecule has 0 heterocycles. The molecular weight excluding hydrogens is 173 g/mol. The Morgan fingerprint density at radius 1 is 1.64 bits per heavy atom. The summed E-state index contributed by atoms with van der Waals surface area (Å²) in [5.41, 5.74) is 11.3. The third-order valence-electron chi connectivity index (χ3n) is 0.718. The summed E-state index contributed by atoms with van der Waals surface area (Å²) in [5, 5.41) is 0. The Morgan fingerprint density at radius 2 is 2.18 bits per heavy atom. The van der Waals surface area contributed by atoms with Gasteiger partial charge in [0.15, 0.2) is 0 Å². The summed E-state index contributed by atoms with van der Waals surface area (Å²) in [7, 11) is -3.85. The van der Waals surface area contributed by atoms with Crippen LogP contribution in [0.1, 0.15) is 0 Å². The summed E-state index contributed by atoms with van der Waals surface area (Å²) in [6, 6.07) is 0. The van der Waals surface area contributed by atoms with Crippen molar-refractivity contribution < 1.29 is 18.9 Å². The van der Waals surface area contributed by atoms with Gasteiger partial charge >= 0.3 is 7.60 Å². The third-order valence-corrected chi connectivity index (χ3v) is 1.56. The number of hydrogen-bond donors (Lipinski definition) is 4. The van der Waals surface area contributed by atoms with Crippen LogP contribution in [0, 0.1) is 0 Å². The van der Waals surface area contributed by atoms with Gasteiger partial charge in [0, 0.05) is 0 Å². The van der Waals surface area contributed by atoms with Crippen molar-refractivity contribution in [1.29, 1.82) is 0 Å². The lowest BCUT2D eigenvalue weighted by atomic mass is 10.7. The van der Waals surface area contributed by atoms with E-state index in [1.807, 2.05) is 0 Å². The van der Waals surface area contributed by atoms with Gasteiger partial charge in [-0.25, -0.2) is 5.48 Å². The molecule has 0 aromatic carbocycles.